The van der Waals surface area contributed by atoms with E-state index in [1.165, 1.54) is 0 Å². The number of hydrogen-bond acceptors (Lipinski definition) is 2. The lowest BCUT2D eigenvalue weighted by molar-refractivity contribution is -0.0294. The molecule has 1 atom stereocenters. The molecular weight excluding hydrogens is 280 g/mol. The predicted molar refractivity (Wildman–Crippen MR) is 62.2 cm³/mol. The minimum absolute atomic E-state index is 0.246. The highest BCUT2D eigenvalue weighted by molar-refractivity contribution is 9.10. The van der Waals surface area contributed by atoms with Crippen molar-refractivity contribution >= 4 is 21.6 Å². The molecule has 0 spiro atoms. The van der Waals surface area contributed by atoms with Crippen molar-refractivity contribution in [3.05, 3.63) is 29.3 Å². The van der Waals surface area contributed by atoms with Crippen LogP contribution in [0.5, 0.6) is 0 Å². The second-order valence-electron chi connectivity index (χ2n) is 4.00. The smallest absolute Gasteiger partial charge is 0.330 e. The highest BCUT2D eigenvalue weighted by Crippen LogP contribution is 2.38. The molecule has 0 saturated heterocycles. The van der Waals surface area contributed by atoms with Crippen molar-refractivity contribution in [2.24, 2.45) is 0 Å². The summed E-state index contributed by atoms with van der Waals surface area (Å²) in [5, 5.41) is 9.44. The zero-order valence-corrected chi connectivity index (χ0v) is 10.3. The summed E-state index contributed by atoms with van der Waals surface area (Å²) in [6.07, 6.45) is -0.969. The maximum atomic E-state index is 12.9. The zero-order chi connectivity index (χ0) is 11.9. The SMILES string of the molecule is CN1CCc2cc(C(O)C(F)(F)Br)ccc21. The summed E-state index contributed by atoms with van der Waals surface area (Å²) in [7, 11) is 1.96. The summed E-state index contributed by atoms with van der Waals surface area (Å²) in [6.45, 7) is 0.888. The van der Waals surface area contributed by atoms with Crippen LogP contribution in [0.2, 0.25) is 0 Å². The van der Waals surface area contributed by atoms with Gasteiger partial charge < -0.3 is 10.0 Å². The van der Waals surface area contributed by atoms with E-state index in [4.69, 9.17) is 0 Å². The first-order chi connectivity index (χ1) is 7.39. The number of aliphatic hydroxyl groups excluding tert-OH is 1. The number of rotatable bonds is 2. The van der Waals surface area contributed by atoms with Crippen LogP contribution in [0, 0.1) is 0 Å². The van der Waals surface area contributed by atoms with E-state index < -0.39 is 10.9 Å². The second-order valence-corrected chi connectivity index (χ2v) is 5.06. The fourth-order valence-electron chi connectivity index (χ4n) is 1.95. The molecule has 1 heterocycles. The van der Waals surface area contributed by atoms with Gasteiger partial charge in [0.1, 0.15) is 0 Å². The van der Waals surface area contributed by atoms with Crippen LogP contribution < -0.4 is 4.90 Å². The molecule has 0 amide bonds. The normalized spacial score (nSPS) is 17.4. The number of halogens is 3. The van der Waals surface area contributed by atoms with Gasteiger partial charge in [-0.3, -0.25) is 0 Å². The average Bonchev–Trinajstić information content (AvgIpc) is 2.57. The van der Waals surface area contributed by atoms with Gasteiger partial charge in [-0.05, 0) is 39.5 Å². The molecule has 88 valence electrons. The van der Waals surface area contributed by atoms with Crippen molar-refractivity contribution in [3.8, 4) is 0 Å². The molecule has 16 heavy (non-hydrogen) atoms. The fourth-order valence-corrected chi connectivity index (χ4v) is 2.21. The van der Waals surface area contributed by atoms with Gasteiger partial charge >= 0.3 is 4.83 Å². The molecule has 0 saturated carbocycles. The second kappa shape index (κ2) is 3.96. The predicted octanol–water partition coefficient (Wildman–Crippen LogP) is 2.70. The minimum Gasteiger partial charge on any atom is -0.381 e. The summed E-state index contributed by atoms with van der Waals surface area (Å²) in [6, 6.07) is 4.97. The summed E-state index contributed by atoms with van der Waals surface area (Å²) >= 11 is 2.18. The van der Waals surface area contributed by atoms with Crippen LogP contribution in [-0.4, -0.2) is 23.5 Å². The van der Waals surface area contributed by atoms with Gasteiger partial charge in [0, 0.05) is 19.3 Å². The van der Waals surface area contributed by atoms with E-state index in [0.29, 0.717) is 0 Å². The van der Waals surface area contributed by atoms with Crippen LogP contribution >= 0.6 is 15.9 Å². The van der Waals surface area contributed by atoms with Gasteiger partial charge in [-0.15, -0.1) is 0 Å². The first-order valence-corrected chi connectivity index (χ1v) is 5.77. The number of nitrogens with zero attached hydrogens (tertiary/aromatic N) is 1. The first-order valence-electron chi connectivity index (χ1n) is 4.98. The highest BCUT2D eigenvalue weighted by Gasteiger charge is 2.36. The number of alkyl halides is 3. The van der Waals surface area contributed by atoms with Crippen molar-refractivity contribution in [1.82, 2.24) is 0 Å². The molecule has 1 aliphatic rings. The van der Waals surface area contributed by atoms with Gasteiger partial charge in [0.05, 0.1) is 0 Å². The summed E-state index contributed by atoms with van der Waals surface area (Å²) in [4.78, 5) is -1.22. The van der Waals surface area contributed by atoms with Crippen LogP contribution in [0.15, 0.2) is 18.2 Å². The van der Waals surface area contributed by atoms with Gasteiger partial charge in [0.15, 0.2) is 6.10 Å². The third-order valence-corrected chi connectivity index (χ3v) is 3.29. The lowest BCUT2D eigenvalue weighted by atomic mass is 10.0. The van der Waals surface area contributed by atoms with Gasteiger partial charge in [-0.1, -0.05) is 12.1 Å². The quantitative estimate of drug-likeness (QED) is 0.847. The van der Waals surface area contributed by atoms with Gasteiger partial charge in [-0.25, -0.2) is 0 Å². The Kier molecular flexibility index (Phi) is 2.92. The van der Waals surface area contributed by atoms with E-state index in [1.807, 2.05) is 7.05 Å². The molecular formula is C11H12BrF2NO. The summed E-state index contributed by atoms with van der Waals surface area (Å²) < 4.78 is 25.8. The van der Waals surface area contributed by atoms with Crippen LogP contribution in [0.4, 0.5) is 14.5 Å². The first kappa shape index (κ1) is 11.8. The number of hydrogen-bond donors (Lipinski definition) is 1. The number of aliphatic hydroxyl groups is 1. The van der Waals surface area contributed by atoms with Gasteiger partial charge in [0.2, 0.25) is 0 Å². The number of fused-ring (bicyclic) bond motifs is 1. The van der Waals surface area contributed by atoms with Crippen molar-refractivity contribution in [2.45, 2.75) is 17.4 Å². The Morgan fingerprint density at radius 2 is 2.19 bits per heavy atom. The Balaban J connectivity index is 2.32. The number of likely N-dealkylation sites (N-methyl/N-ethyl adjacent to an activating group) is 1. The molecule has 0 bridgehead atoms. The third-order valence-electron chi connectivity index (χ3n) is 2.86. The van der Waals surface area contributed by atoms with Crippen LogP contribution in [0.3, 0.4) is 0 Å². The Bertz CT molecular complexity index is 405. The van der Waals surface area contributed by atoms with E-state index in [2.05, 4.69) is 20.8 Å². The minimum atomic E-state index is -3.29. The van der Waals surface area contributed by atoms with E-state index in [0.717, 1.165) is 24.2 Å². The monoisotopic (exact) mass is 291 g/mol. The summed E-state index contributed by atoms with van der Waals surface area (Å²) in [5.41, 5.74) is 2.31. The molecule has 1 unspecified atom stereocenters. The third kappa shape index (κ3) is 2.06. The standard InChI is InChI=1S/C11H12BrF2NO/c1-15-5-4-7-6-8(2-3-9(7)15)10(16)11(12,13)14/h2-3,6,10,16H,4-5H2,1H3. The number of benzene rings is 1. The largest absolute Gasteiger partial charge is 0.381 e. The molecule has 1 aromatic rings. The molecule has 1 aromatic carbocycles. The Morgan fingerprint density at radius 3 is 2.81 bits per heavy atom. The van der Waals surface area contributed by atoms with Crippen LogP contribution in [0.25, 0.3) is 0 Å². The molecule has 5 heteroatoms. The fraction of sp³-hybridized carbons (Fsp3) is 0.455. The molecule has 0 aromatic heterocycles. The summed E-state index contributed by atoms with van der Waals surface area (Å²) in [5.74, 6) is 0. The van der Waals surface area contributed by atoms with Crippen LogP contribution in [0.1, 0.15) is 17.2 Å². The lowest BCUT2D eigenvalue weighted by Crippen LogP contribution is -2.18. The molecule has 1 N–H and O–H groups in total. The van der Waals surface area contributed by atoms with Crippen molar-refractivity contribution in [1.29, 1.82) is 0 Å². The van der Waals surface area contributed by atoms with Crippen molar-refractivity contribution in [3.63, 3.8) is 0 Å². The zero-order valence-electron chi connectivity index (χ0n) is 8.75. The topological polar surface area (TPSA) is 23.5 Å². The van der Waals surface area contributed by atoms with E-state index >= 15 is 0 Å². The number of anilines is 1. The van der Waals surface area contributed by atoms with E-state index in [1.54, 1.807) is 18.2 Å². The molecule has 1 aliphatic heterocycles. The molecule has 2 rings (SSSR count). The van der Waals surface area contributed by atoms with Crippen molar-refractivity contribution in [2.75, 3.05) is 18.5 Å². The Labute approximate surface area is 101 Å². The highest BCUT2D eigenvalue weighted by atomic mass is 79.9. The molecule has 2 nitrogen and oxygen atoms in total. The van der Waals surface area contributed by atoms with Crippen LogP contribution in [-0.2, 0) is 6.42 Å². The Hall–Kier alpha value is -0.680. The van der Waals surface area contributed by atoms with Gasteiger partial charge in [0.25, 0.3) is 0 Å². The average molecular weight is 292 g/mol. The maximum absolute atomic E-state index is 12.9. The maximum Gasteiger partial charge on any atom is 0.330 e. The van der Waals surface area contributed by atoms with E-state index in [9.17, 15) is 13.9 Å². The molecule has 0 fully saturated rings. The lowest BCUT2D eigenvalue weighted by Gasteiger charge is -2.18. The molecule has 0 radical (unpaired) electrons. The van der Waals surface area contributed by atoms with Crippen molar-refractivity contribution < 1.29 is 13.9 Å². The molecule has 0 aliphatic carbocycles. The Morgan fingerprint density at radius 1 is 1.50 bits per heavy atom. The van der Waals surface area contributed by atoms with Gasteiger partial charge in [-0.2, -0.15) is 8.78 Å². The van der Waals surface area contributed by atoms with E-state index in [-0.39, 0.29) is 5.56 Å².